The highest BCUT2D eigenvalue weighted by Crippen LogP contribution is 2.21. The molecule has 0 radical (unpaired) electrons. The highest BCUT2D eigenvalue weighted by atomic mass is 16.3. The fraction of sp³-hybridized carbons (Fsp3) is 1.00. The molecule has 2 atom stereocenters. The number of aliphatic hydroxyl groups is 1. The Kier molecular flexibility index (Phi) is 6.50. The summed E-state index contributed by atoms with van der Waals surface area (Å²) in [6, 6.07) is 0.916. The second kappa shape index (κ2) is 7.38. The first kappa shape index (κ1) is 15.0. The minimum Gasteiger partial charge on any atom is -0.392 e. The molecule has 2 heteroatoms. The van der Waals surface area contributed by atoms with Crippen LogP contribution in [0, 0.1) is 11.8 Å². The molecule has 0 bridgehead atoms. The summed E-state index contributed by atoms with van der Waals surface area (Å²) < 4.78 is 0. The Morgan fingerprint density at radius 2 is 1.53 bits per heavy atom. The molecule has 2 N–H and O–H groups in total. The fourth-order valence-corrected chi connectivity index (χ4v) is 2.98. The first-order valence-corrected chi connectivity index (χ1v) is 7.43. The molecule has 1 aliphatic carbocycles. The molecule has 1 aliphatic rings. The highest BCUT2D eigenvalue weighted by Gasteiger charge is 2.25. The fourth-order valence-electron chi connectivity index (χ4n) is 2.98. The summed E-state index contributed by atoms with van der Waals surface area (Å²) in [5.41, 5.74) is 0. The van der Waals surface area contributed by atoms with Crippen LogP contribution in [0.25, 0.3) is 0 Å². The molecule has 0 saturated heterocycles. The normalized spacial score (nSPS) is 26.1. The van der Waals surface area contributed by atoms with Crippen molar-refractivity contribution in [3.63, 3.8) is 0 Å². The average molecular weight is 241 g/mol. The summed E-state index contributed by atoms with van der Waals surface area (Å²) in [5.74, 6) is 1.46. The van der Waals surface area contributed by atoms with Gasteiger partial charge in [-0.05, 0) is 37.5 Å². The molecule has 1 saturated carbocycles. The van der Waals surface area contributed by atoms with Crippen molar-refractivity contribution in [1.29, 1.82) is 0 Å². The van der Waals surface area contributed by atoms with Gasteiger partial charge in [-0.1, -0.05) is 40.5 Å². The van der Waals surface area contributed by atoms with E-state index in [2.05, 4.69) is 33.0 Å². The minimum atomic E-state index is -0.120. The van der Waals surface area contributed by atoms with Crippen molar-refractivity contribution in [3.8, 4) is 0 Å². The van der Waals surface area contributed by atoms with Gasteiger partial charge < -0.3 is 10.4 Å². The van der Waals surface area contributed by atoms with E-state index < -0.39 is 0 Å². The summed E-state index contributed by atoms with van der Waals surface area (Å²) in [5, 5.41) is 13.7. The zero-order valence-electron chi connectivity index (χ0n) is 12.1. The van der Waals surface area contributed by atoms with Crippen LogP contribution in [0.3, 0.4) is 0 Å². The van der Waals surface area contributed by atoms with Gasteiger partial charge in [-0.15, -0.1) is 0 Å². The zero-order valence-corrected chi connectivity index (χ0v) is 12.1. The lowest BCUT2D eigenvalue weighted by Crippen LogP contribution is -2.47. The second-order valence-electron chi connectivity index (χ2n) is 6.58. The van der Waals surface area contributed by atoms with E-state index in [4.69, 9.17) is 0 Å². The van der Waals surface area contributed by atoms with Gasteiger partial charge in [0.25, 0.3) is 0 Å². The largest absolute Gasteiger partial charge is 0.392 e. The third-order valence-electron chi connectivity index (χ3n) is 3.69. The van der Waals surface area contributed by atoms with Crippen LogP contribution < -0.4 is 5.32 Å². The predicted molar refractivity (Wildman–Crippen MR) is 74.1 cm³/mol. The SMILES string of the molecule is CC(C)CC(CC(C)C)NC1CCCCC1O. The Labute approximate surface area is 107 Å². The van der Waals surface area contributed by atoms with Crippen molar-refractivity contribution in [1.82, 2.24) is 5.32 Å². The molecule has 0 aromatic heterocycles. The molecule has 102 valence electrons. The molecular formula is C15H31NO. The highest BCUT2D eigenvalue weighted by molar-refractivity contribution is 4.84. The Hall–Kier alpha value is -0.0800. The van der Waals surface area contributed by atoms with Gasteiger partial charge in [0.15, 0.2) is 0 Å². The molecule has 0 heterocycles. The molecule has 0 aliphatic heterocycles. The van der Waals surface area contributed by atoms with E-state index in [0.29, 0.717) is 12.1 Å². The Balaban J connectivity index is 2.45. The van der Waals surface area contributed by atoms with Gasteiger partial charge in [0.1, 0.15) is 0 Å². The van der Waals surface area contributed by atoms with Crippen molar-refractivity contribution in [2.75, 3.05) is 0 Å². The van der Waals surface area contributed by atoms with Crippen molar-refractivity contribution < 1.29 is 5.11 Å². The van der Waals surface area contributed by atoms with Gasteiger partial charge in [0.05, 0.1) is 6.10 Å². The Bertz CT molecular complexity index is 193. The topological polar surface area (TPSA) is 32.3 Å². The molecule has 2 unspecified atom stereocenters. The van der Waals surface area contributed by atoms with Gasteiger partial charge in [-0.2, -0.15) is 0 Å². The molecule has 0 amide bonds. The van der Waals surface area contributed by atoms with Gasteiger partial charge in [0, 0.05) is 12.1 Å². The predicted octanol–water partition coefficient (Wildman–Crippen LogP) is 3.34. The average Bonchev–Trinajstić information content (AvgIpc) is 2.19. The maximum absolute atomic E-state index is 10.0. The van der Waals surface area contributed by atoms with E-state index in [-0.39, 0.29) is 6.10 Å². The van der Waals surface area contributed by atoms with Crippen LogP contribution in [0.4, 0.5) is 0 Å². The first-order chi connectivity index (χ1) is 7.99. The summed E-state index contributed by atoms with van der Waals surface area (Å²) >= 11 is 0. The summed E-state index contributed by atoms with van der Waals surface area (Å²) in [4.78, 5) is 0. The third kappa shape index (κ3) is 5.87. The molecular weight excluding hydrogens is 210 g/mol. The maximum atomic E-state index is 10.0. The molecule has 1 rings (SSSR count). The van der Waals surface area contributed by atoms with E-state index in [1.165, 1.54) is 25.7 Å². The number of aliphatic hydroxyl groups excluding tert-OH is 1. The minimum absolute atomic E-state index is 0.120. The van der Waals surface area contributed by atoms with E-state index >= 15 is 0 Å². The van der Waals surface area contributed by atoms with Crippen molar-refractivity contribution >= 4 is 0 Å². The van der Waals surface area contributed by atoms with Crippen molar-refractivity contribution in [2.45, 2.75) is 84.4 Å². The molecule has 17 heavy (non-hydrogen) atoms. The van der Waals surface area contributed by atoms with Gasteiger partial charge in [-0.3, -0.25) is 0 Å². The summed E-state index contributed by atoms with van der Waals surface area (Å²) in [6.45, 7) is 9.14. The Morgan fingerprint density at radius 3 is 2.00 bits per heavy atom. The van der Waals surface area contributed by atoms with Gasteiger partial charge in [0.2, 0.25) is 0 Å². The van der Waals surface area contributed by atoms with Crippen LogP contribution >= 0.6 is 0 Å². The maximum Gasteiger partial charge on any atom is 0.0693 e. The Morgan fingerprint density at radius 1 is 1.00 bits per heavy atom. The van der Waals surface area contributed by atoms with E-state index in [1.807, 2.05) is 0 Å². The number of hydrogen-bond acceptors (Lipinski definition) is 2. The molecule has 0 aromatic rings. The lowest BCUT2D eigenvalue weighted by molar-refractivity contribution is 0.0811. The van der Waals surface area contributed by atoms with Crippen LogP contribution in [-0.2, 0) is 0 Å². The molecule has 0 aromatic carbocycles. The van der Waals surface area contributed by atoms with Crippen LogP contribution in [0.15, 0.2) is 0 Å². The molecule has 1 fully saturated rings. The lowest BCUT2D eigenvalue weighted by Gasteiger charge is -2.33. The number of hydrogen-bond donors (Lipinski definition) is 2. The van der Waals surface area contributed by atoms with Crippen LogP contribution in [0.5, 0.6) is 0 Å². The molecule has 2 nitrogen and oxygen atoms in total. The standard InChI is InChI=1S/C15H31NO/c1-11(2)9-13(10-12(3)4)16-14-7-5-6-8-15(14)17/h11-17H,5-10H2,1-4H3. The van der Waals surface area contributed by atoms with Gasteiger partial charge in [-0.25, -0.2) is 0 Å². The lowest BCUT2D eigenvalue weighted by atomic mass is 9.89. The van der Waals surface area contributed by atoms with Crippen LogP contribution in [0.2, 0.25) is 0 Å². The molecule has 0 spiro atoms. The van der Waals surface area contributed by atoms with E-state index in [1.54, 1.807) is 0 Å². The van der Waals surface area contributed by atoms with Gasteiger partial charge >= 0.3 is 0 Å². The zero-order chi connectivity index (χ0) is 12.8. The smallest absolute Gasteiger partial charge is 0.0693 e. The first-order valence-electron chi connectivity index (χ1n) is 7.43. The summed E-state index contributed by atoms with van der Waals surface area (Å²) in [7, 11) is 0. The van der Waals surface area contributed by atoms with Crippen molar-refractivity contribution in [2.24, 2.45) is 11.8 Å². The van der Waals surface area contributed by atoms with Crippen LogP contribution in [0.1, 0.15) is 66.2 Å². The van der Waals surface area contributed by atoms with E-state index in [0.717, 1.165) is 24.7 Å². The quantitative estimate of drug-likeness (QED) is 0.747. The van der Waals surface area contributed by atoms with Crippen molar-refractivity contribution in [3.05, 3.63) is 0 Å². The van der Waals surface area contributed by atoms with E-state index in [9.17, 15) is 5.11 Å². The monoisotopic (exact) mass is 241 g/mol. The number of nitrogens with one attached hydrogen (secondary N) is 1. The summed E-state index contributed by atoms with van der Waals surface area (Å²) in [6.07, 6.45) is 6.92. The second-order valence-corrected chi connectivity index (χ2v) is 6.58. The van der Waals surface area contributed by atoms with Crippen LogP contribution in [-0.4, -0.2) is 23.3 Å². The number of rotatable bonds is 6. The third-order valence-corrected chi connectivity index (χ3v) is 3.69.